The number of hydrogen-bond donors (Lipinski definition) is 0. The van der Waals surface area contributed by atoms with Crippen LogP contribution in [0.3, 0.4) is 0 Å². The van der Waals surface area contributed by atoms with Crippen molar-refractivity contribution < 1.29 is 0 Å². The summed E-state index contributed by atoms with van der Waals surface area (Å²) in [6.07, 6.45) is 2.74. The van der Waals surface area contributed by atoms with E-state index in [9.17, 15) is 0 Å². The minimum atomic E-state index is 0.0640. The van der Waals surface area contributed by atoms with Gasteiger partial charge in [-0.3, -0.25) is 9.98 Å². The Balaban J connectivity index is 1.51. The van der Waals surface area contributed by atoms with Gasteiger partial charge in [-0.2, -0.15) is 0 Å². The molecule has 2 unspecified atom stereocenters. The molecule has 2 atom stereocenters. The largest absolute Gasteiger partial charge is 0.307 e. The minimum absolute atomic E-state index is 0.0640. The van der Waals surface area contributed by atoms with Crippen molar-refractivity contribution in [2.75, 3.05) is 0 Å². The summed E-state index contributed by atoms with van der Waals surface area (Å²) in [7, 11) is 0. The molecule has 0 N–H and O–H groups in total. The molecule has 0 bridgehead atoms. The first-order chi connectivity index (χ1) is 14.3. The highest BCUT2D eigenvalue weighted by Crippen LogP contribution is 2.46. The van der Waals surface area contributed by atoms with Crippen LogP contribution < -0.4 is 0 Å². The van der Waals surface area contributed by atoms with Crippen molar-refractivity contribution in [1.82, 2.24) is 9.88 Å². The highest BCUT2D eigenvalue weighted by atomic mass is 35.5. The van der Waals surface area contributed by atoms with Gasteiger partial charge in [0, 0.05) is 27.9 Å². The summed E-state index contributed by atoms with van der Waals surface area (Å²) in [6.45, 7) is 0. The van der Waals surface area contributed by atoms with Crippen LogP contribution in [-0.4, -0.2) is 20.4 Å². The lowest BCUT2D eigenvalue weighted by Gasteiger charge is -2.37. The van der Waals surface area contributed by atoms with Crippen molar-refractivity contribution in [3.8, 4) is 0 Å². The molecule has 5 rings (SSSR count). The molecule has 0 amide bonds. The van der Waals surface area contributed by atoms with Gasteiger partial charge in [-0.25, -0.2) is 0 Å². The Labute approximate surface area is 183 Å². The van der Waals surface area contributed by atoms with E-state index in [1.54, 1.807) is 11.8 Å². The zero-order chi connectivity index (χ0) is 19.6. The molecule has 2 aliphatic rings. The summed E-state index contributed by atoms with van der Waals surface area (Å²) in [5.41, 5.74) is 3.36. The molecule has 3 nitrogen and oxygen atoms in total. The molecule has 0 aliphatic carbocycles. The number of benzene rings is 2. The number of amidine groups is 1. The standard InChI is InChI=1S/C23H18ClN3S2/c24-17-11-9-16(10-12-17)21-15-28-23-26-20(19-8-4-5-13-25-19)14-22(27(21)23)29-18-6-2-1-3-7-18/h1-13,15,20,22H,14H2. The fraction of sp³-hybridized carbons (Fsp3) is 0.130. The van der Waals surface area contributed by atoms with Gasteiger partial charge < -0.3 is 4.90 Å². The summed E-state index contributed by atoms with van der Waals surface area (Å²) in [4.78, 5) is 13.2. The molecule has 3 aromatic rings. The molecule has 1 aromatic heterocycles. The van der Waals surface area contributed by atoms with Crippen molar-refractivity contribution in [1.29, 1.82) is 0 Å². The molecule has 2 aromatic carbocycles. The van der Waals surface area contributed by atoms with E-state index in [2.05, 4.69) is 63.8 Å². The van der Waals surface area contributed by atoms with E-state index in [4.69, 9.17) is 16.6 Å². The second-order valence-corrected chi connectivity index (χ2v) is 9.33. The molecule has 0 spiro atoms. The highest BCUT2D eigenvalue weighted by molar-refractivity contribution is 8.17. The number of nitrogens with zero attached hydrogens (tertiary/aromatic N) is 3. The van der Waals surface area contributed by atoms with Gasteiger partial charge in [-0.1, -0.05) is 59.8 Å². The number of hydrogen-bond acceptors (Lipinski definition) is 5. The topological polar surface area (TPSA) is 28.5 Å². The molecule has 0 radical (unpaired) electrons. The van der Waals surface area contributed by atoms with Crippen LogP contribution in [0.15, 0.2) is 94.3 Å². The lowest BCUT2D eigenvalue weighted by molar-refractivity contribution is 0.442. The smallest absolute Gasteiger partial charge is 0.169 e. The van der Waals surface area contributed by atoms with Crippen molar-refractivity contribution in [3.63, 3.8) is 0 Å². The molecule has 3 heterocycles. The number of aromatic nitrogens is 1. The first-order valence-corrected chi connectivity index (χ1v) is 11.5. The summed E-state index contributed by atoms with van der Waals surface area (Å²) in [5.74, 6) is 0. The minimum Gasteiger partial charge on any atom is -0.307 e. The van der Waals surface area contributed by atoms with Crippen LogP contribution in [0, 0.1) is 0 Å². The van der Waals surface area contributed by atoms with Gasteiger partial charge in [-0.15, -0.1) is 11.8 Å². The summed E-state index contributed by atoms with van der Waals surface area (Å²) in [5, 5.41) is 4.21. The number of aliphatic imine (C=N–C) groups is 1. The van der Waals surface area contributed by atoms with E-state index in [0.717, 1.165) is 27.9 Å². The fourth-order valence-electron chi connectivity index (χ4n) is 3.52. The van der Waals surface area contributed by atoms with Gasteiger partial charge in [0.05, 0.1) is 22.8 Å². The average molecular weight is 436 g/mol. The van der Waals surface area contributed by atoms with Crippen molar-refractivity contribution in [3.05, 3.63) is 101 Å². The molecule has 144 valence electrons. The quantitative estimate of drug-likeness (QED) is 0.455. The summed E-state index contributed by atoms with van der Waals surface area (Å²) < 4.78 is 0. The third-order valence-electron chi connectivity index (χ3n) is 4.91. The predicted molar refractivity (Wildman–Crippen MR) is 124 cm³/mol. The Morgan fingerprint density at radius 2 is 1.76 bits per heavy atom. The Morgan fingerprint density at radius 1 is 0.966 bits per heavy atom. The normalized spacial score (nSPS) is 20.8. The number of pyridine rings is 1. The van der Waals surface area contributed by atoms with E-state index in [1.807, 2.05) is 42.2 Å². The van der Waals surface area contributed by atoms with E-state index >= 15 is 0 Å². The third kappa shape index (κ3) is 3.95. The molecule has 0 saturated heterocycles. The van der Waals surface area contributed by atoms with Gasteiger partial charge in [-0.05, 0) is 42.0 Å². The van der Waals surface area contributed by atoms with Gasteiger partial charge in [0.25, 0.3) is 0 Å². The first kappa shape index (κ1) is 18.8. The number of halogens is 1. The van der Waals surface area contributed by atoms with E-state index in [-0.39, 0.29) is 11.4 Å². The van der Waals surface area contributed by atoms with E-state index < -0.39 is 0 Å². The van der Waals surface area contributed by atoms with E-state index in [1.165, 1.54) is 10.6 Å². The van der Waals surface area contributed by atoms with Crippen LogP contribution in [0.5, 0.6) is 0 Å². The second-order valence-electron chi connectivity index (χ2n) is 6.80. The zero-order valence-electron chi connectivity index (χ0n) is 15.5. The molecule has 29 heavy (non-hydrogen) atoms. The van der Waals surface area contributed by atoms with Gasteiger partial charge in [0.2, 0.25) is 0 Å². The number of thioether (sulfide) groups is 2. The van der Waals surface area contributed by atoms with Gasteiger partial charge >= 0.3 is 0 Å². The Bertz CT molecular complexity index is 1050. The third-order valence-corrected chi connectivity index (χ3v) is 7.23. The Hall–Kier alpha value is -2.21. The Kier molecular flexibility index (Phi) is 5.36. The highest BCUT2D eigenvalue weighted by Gasteiger charge is 2.38. The van der Waals surface area contributed by atoms with Crippen LogP contribution in [0.1, 0.15) is 23.7 Å². The zero-order valence-corrected chi connectivity index (χ0v) is 17.9. The van der Waals surface area contributed by atoms with Gasteiger partial charge in [0.1, 0.15) is 0 Å². The van der Waals surface area contributed by atoms with Crippen LogP contribution in [0.25, 0.3) is 5.70 Å². The van der Waals surface area contributed by atoms with Crippen LogP contribution in [0.4, 0.5) is 0 Å². The average Bonchev–Trinajstić information content (AvgIpc) is 3.20. The van der Waals surface area contributed by atoms with Crippen LogP contribution in [-0.2, 0) is 0 Å². The first-order valence-electron chi connectivity index (χ1n) is 9.40. The van der Waals surface area contributed by atoms with Gasteiger partial charge in [0.15, 0.2) is 5.17 Å². The van der Waals surface area contributed by atoms with Crippen molar-refractivity contribution in [2.24, 2.45) is 4.99 Å². The van der Waals surface area contributed by atoms with E-state index in [0.29, 0.717) is 0 Å². The second kappa shape index (κ2) is 8.27. The fourth-order valence-corrected chi connectivity index (χ4v) is 5.94. The number of fused-ring (bicyclic) bond motifs is 1. The van der Waals surface area contributed by atoms with Crippen LogP contribution >= 0.6 is 35.1 Å². The maximum absolute atomic E-state index is 6.11. The Morgan fingerprint density at radius 3 is 2.52 bits per heavy atom. The maximum atomic E-state index is 6.11. The maximum Gasteiger partial charge on any atom is 0.169 e. The molecule has 0 saturated carbocycles. The molecule has 0 fully saturated rings. The monoisotopic (exact) mass is 435 g/mol. The van der Waals surface area contributed by atoms with Crippen LogP contribution in [0.2, 0.25) is 5.02 Å². The lowest BCUT2D eigenvalue weighted by atomic mass is 10.1. The molecule has 6 heteroatoms. The number of rotatable bonds is 4. The molecular formula is C23H18ClN3S2. The predicted octanol–water partition coefficient (Wildman–Crippen LogP) is 6.70. The lowest BCUT2D eigenvalue weighted by Crippen LogP contribution is -2.37. The summed E-state index contributed by atoms with van der Waals surface area (Å²) in [6, 6.07) is 24.7. The summed E-state index contributed by atoms with van der Waals surface area (Å²) >= 11 is 9.67. The molecule has 2 aliphatic heterocycles. The van der Waals surface area contributed by atoms with Crippen molar-refractivity contribution >= 4 is 46.0 Å². The SMILES string of the molecule is Clc1ccc(C2=CSC3=NC(c4ccccn4)CC(Sc4ccccc4)N23)cc1. The van der Waals surface area contributed by atoms with Crippen molar-refractivity contribution in [2.45, 2.75) is 22.7 Å². The molecular weight excluding hydrogens is 418 g/mol.